The minimum absolute atomic E-state index is 0.00659. The number of carboxylic acids is 1. The smallest absolute Gasteiger partial charge is 0.358 e. The van der Waals surface area contributed by atoms with Crippen molar-refractivity contribution in [2.45, 2.75) is 26.9 Å². The summed E-state index contributed by atoms with van der Waals surface area (Å²) in [6.07, 6.45) is 3.65. The molecule has 17 heavy (non-hydrogen) atoms. The van der Waals surface area contributed by atoms with Crippen molar-refractivity contribution in [2.24, 2.45) is 0 Å². The lowest BCUT2D eigenvalue weighted by atomic mass is 10.3. The zero-order valence-corrected chi connectivity index (χ0v) is 9.66. The van der Waals surface area contributed by atoms with E-state index in [0.29, 0.717) is 12.2 Å². The zero-order chi connectivity index (χ0) is 12.4. The molecule has 0 spiro atoms. The molecule has 0 radical (unpaired) electrons. The fourth-order valence-electron chi connectivity index (χ4n) is 1.54. The number of carbonyl (C=O) groups is 1. The second-order valence-corrected chi connectivity index (χ2v) is 3.69. The van der Waals surface area contributed by atoms with Gasteiger partial charge in [-0.25, -0.2) is 9.48 Å². The summed E-state index contributed by atoms with van der Waals surface area (Å²) in [4.78, 5) is 10.8. The molecule has 0 saturated heterocycles. The molecule has 7 nitrogen and oxygen atoms in total. The largest absolute Gasteiger partial charge is 0.476 e. The predicted molar refractivity (Wildman–Crippen MR) is 58.7 cm³/mol. The van der Waals surface area contributed by atoms with Crippen LogP contribution in [0, 0.1) is 6.92 Å². The zero-order valence-electron chi connectivity index (χ0n) is 9.66. The molecule has 0 bridgehead atoms. The number of aryl methyl sites for hydroxylation is 1. The molecule has 1 N–H and O–H groups in total. The Morgan fingerprint density at radius 2 is 2.29 bits per heavy atom. The highest BCUT2D eigenvalue weighted by molar-refractivity contribution is 5.86. The summed E-state index contributed by atoms with van der Waals surface area (Å²) in [5.74, 6) is -1.06. The first-order valence-electron chi connectivity index (χ1n) is 5.26. The predicted octanol–water partition coefficient (Wildman–Crippen LogP) is 0.549. The van der Waals surface area contributed by atoms with Crippen LogP contribution in [0.2, 0.25) is 0 Å². The van der Waals surface area contributed by atoms with Crippen molar-refractivity contribution < 1.29 is 9.90 Å². The van der Waals surface area contributed by atoms with Crippen molar-refractivity contribution >= 4 is 5.97 Å². The van der Waals surface area contributed by atoms with E-state index >= 15 is 0 Å². The monoisotopic (exact) mass is 235 g/mol. The lowest BCUT2D eigenvalue weighted by molar-refractivity contribution is 0.0689. The number of hydrogen-bond acceptors (Lipinski definition) is 4. The van der Waals surface area contributed by atoms with Gasteiger partial charge in [0.2, 0.25) is 0 Å². The molecule has 2 rings (SSSR count). The van der Waals surface area contributed by atoms with Gasteiger partial charge in [0.1, 0.15) is 0 Å². The van der Waals surface area contributed by atoms with E-state index in [9.17, 15) is 4.79 Å². The van der Waals surface area contributed by atoms with Crippen molar-refractivity contribution in [3.05, 3.63) is 29.3 Å². The van der Waals surface area contributed by atoms with Crippen LogP contribution in [-0.2, 0) is 13.1 Å². The molecular weight excluding hydrogens is 222 g/mol. The van der Waals surface area contributed by atoms with Gasteiger partial charge in [0, 0.05) is 18.3 Å². The van der Waals surface area contributed by atoms with Crippen LogP contribution in [-0.4, -0.2) is 35.9 Å². The van der Waals surface area contributed by atoms with Crippen molar-refractivity contribution in [3.63, 3.8) is 0 Å². The fourth-order valence-corrected chi connectivity index (χ4v) is 1.54. The SMILES string of the molecule is CCn1cc(Cn2nnc(C(=O)O)c2C)cn1. The summed E-state index contributed by atoms with van der Waals surface area (Å²) in [5.41, 5.74) is 1.51. The topological polar surface area (TPSA) is 85.8 Å². The summed E-state index contributed by atoms with van der Waals surface area (Å²) in [7, 11) is 0. The number of aromatic carboxylic acids is 1. The summed E-state index contributed by atoms with van der Waals surface area (Å²) < 4.78 is 3.36. The third kappa shape index (κ3) is 2.17. The third-order valence-corrected chi connectivity index (χ3v) is 2.53. The second kappa shape index (κ2) is 4.36. The van der Waals surface area contributed by atoms with Gasteiger partial charge in [-0.3, -0.25) is 4.68 Å². The first kappa shape index (κ1) is 11.3. The lowest BCUT2D eigenvalue weighted by Gasteiger charge is -2.00. The van der Waals surface area contributed by atoms with Crippen LogP contribution in [0.25, 0.3) is 0 Å². The van der Waals surface area contributed by atoms with E-state index in [-0.39, 0.29) is 5.69 Å². The molecule has 2 heterocycles. The van der Waals surface area contributed by atoms with Gasteiger partial charge in [0.25, 0.3) is 0 Å². The Kier molecular flexibility index (Phi) is 2.90. The average Bonchev–Trinajstić information content (AvgIpc) is 2.87. The fraction of sp³-hybridized carbons (Fsp3) is 0.400. The van der Waals surface area contributed by atoms with Gasteiger partial charge >= 0.3 is 5.97 Å². The Labute approximate surface area is 97.7 Å². The first-order valence-corrected chi connectivity index (χ1v) is 5.26. The van der Waals surface area contributed by atoms with Gasteiger partial charge in [-0.15, -0.1) is 5.10 Å². The second-order valence-electron chi connectivity index (χ2n) is 3.69. The third-order valence-electron chi connectivity index (χ3n) is 2.53. The summed E-state index contributed by atoms with van der Waals surface area (Å²) in [5, 5.41) is 20.4. The van der Waals surface area contributed by atoms with E-state index in [1.165, 1.54) is 0 Å². The van der Waals surface area contributed by atoms with Gasteiger partial charge in [-0.1, -0.05) is 5.21 Å². The highest BCUT2D eigenvalue weighted by atomic mass is 16.4. The number of rotatable bonds is 4. The Balaban J connectivity index is 2.21. The highest BCUT2D eigenvalue weighted by Crippen LogP contribution is 2.07. The number of nitrogens with zero attached hydrogens (tertiary/aromatic N) is 5. The minimum Gasteiger partial charge on any atom is -0.476 e. The van der Waals surface area contributed by atoms with Gasteiger partial charge in [-0.2, -0.15) is 5.10 Å². The number of carboxylic acid groups (broad SMARTS) is 1. The molecule has 0 atom stereocenters. The van der Waals surface area contributed by atoms with E-state index in [1.807, 2.05) is 13.1 Å². The molecule has 0 amide bonds. The Morgan fingerprint density at radius 1 is 1.53 bits per heavy atom. The minimum atomic E-state index is -1.06. The molecule has 2 aromatic heterocycles. The molecule has 0 aliphatic heterocycles. The maximum absolute atomic E-state index is 10.8. The van der Waals surface area contributed by atoms with Crippen LogP contribution >= 0.6 is 0 Å². The van der Waals surface area contributed by atoms with Gasteiger partial charge in [0.05, 0.1) is 18.4 Å². The first-order chi connectivity index (χ1) is 8.11. The molecule has 90 valence electrons. The van der Waals surface area contributed by atoms with Crippen molar-refractivity contribution in [1.82, 2.24) is 24.8 Å². The summed E-state index contributed by atoms with van der Waals surface area (Å²) >= 11 is 0. The average molecular weight is 235 g/mol. The van der Waals surface area contributed by atoms with Crippen molar-refractivity contribution in [1.29, 1.82) is 0 Å². The molecule has 0 unspecified atom stereocenters. The molecule has 7 heteroatoms. The summed E-state index contributed by atoms with van der Waals surface area (Å²) in [6.45, 7) is 4.97. The maximum atomic E-state index is 10.8. The number of aromatic nitrogens is 5. The summed E-state index contributed by atoms with van der Waals surface area (Å²) in [6, 6.07) is 0. The van der Waals surface area contributed by atoms with Crippen LogP contribution < -0.4 is 0 Å². The van der Waals surface area contributed by atoms with E-state index in [0.717, 1.165) is 12.1 Å². The Bertz CT molecular complexity index is 543. The normalized spacial score (nSPS) is 10.7. The van der Waals surface area contributed by atoms with Gasteiger partial charge in [0.15, 0.2) is 5.69 Å². The highest BCUT2D eigenvalue weighted by Gasteiger charge is 2.15. The van der Waals surface area contributed by atoms with Gasteiger partial charge < -0.3 is 5.11 Å². The van der Waals surface area contributed by atoms with Crippen LogP contribution in [0.4, 0.5) is 0 Å². The van der Waals surface area contributed by atoms with Crippen molar-refractivity contribution in [3.8, 4) is 0 Å². The van der Waals surface area contributed by atoms with Gasteiger partial charge in [-0.05, 0) is 13.8 Å². The van der Waals surface area contributed by atoms with Crippen LogP contribution in [0.3, 0.4) is 0 Å². The molecule has 0 aromatic carbocycles. The van der Waals surface area contributed by atoms with Crippen molar-refractivity contribution in [2.75, 3.05) is 0 Å². The van der Waals surface area contributed by atoms with Crippen LogP contribution in [0.5, 0.6) is 0 Å². The Hall–Kier alpha value is -2.18. The molecule has 0 saturated carbocycles. The molecular formula is C10H13N5O2. The van der Waals surface area contributed by atoms with E-state index < -0.39 is 5.97 Å². The van der Waals surface area contributed by atoms with E-state index in [2.05, 4.69) is 15.4 Å². The van der Waals surface area contributed by atoms with E-state index in [4.69, 9.17) is 5.11 Å². The van der Waals surface area contributed by atoms with Crippen LogP contribution in [0.15, 0.2) is 12.4 Å². The lowest BCUT2D eigenvalue weighted by Crippen LogP contribution is -2.05. The van der Waals surface area contributed by atoms with E-state index in [1.54, 1.807) is 22.5 Å². The Morgan fingerprint density at radius 3 is 2.82 bits per heavy atom. The molecule has 0 aliphatic carbocycles. The standard InChI is InChI=1S/C10H13N5O2/c1-3-14-5-8(4-11-14)6-15-7(2)9(10(16)17)12-13-15/h4-5H,3,6H2,1-2H3,(H,16,17). The quantitative estimate of drug-likeness (QED) is 0.836. The maximum Gasteiger partial charge on any atom is 0.358 e. The molecule has 0 fully saturated rings. The molecule has 0 aliphatic rings. The van der Waals surface area contributed by atoms with Crippen LogP contribution in [0.1, 0.15) is 28.7 Å². The molecule has 2 aromatic rings. The number of hydrogen-bond donors (Lipinski definition) is 1.